The van der Waals surface area contributed by atoms with E-state index in [1.807, 2.05) is 55.1 Å². The van der Waals surface area contributed by atoms with Crippen molar-refractivity contribution in [3.05, 3.63) is 82.2 Å². The van der Waals surface area contributed by atoms with Crippen molar-refractivity contribution < 1.29 is 19.0 Å². The van der Waals surface area contributed by atoms with E-state index in [2.05, 4.69) is 4.98 Å². The zero-order chi connectivity index (χ0) is 22.7. The Morgan fingerprint density at radius 1 is 1.03 bits per heavy atom. The highest BCUT2D eigenvalue weighted by molar-refractivity contribution is 5.95. The largest absolute Gasteiger partial charge is 0.493 e. The Balaban J connectivity index is 1.51. The quantitative estimate of drug-likeness (QED) is 0.574. The highest BCUT2D eigenvalue weighted by Gasteiger charge is 2.24. The Morgan fingerprint density at radius 3 is 2.34 bits per heavy atom. The zero-order valence-corrected chi connectivity index (χ0v) is 19.0. The molecule has 166 valence electrons. The summed E-state index contributed by atoms with van der Waals surface area (Å²) >= 11 is 0. The van der Waals surface area contributed by atoms with Crippen LogP contribution in [0.15, 0.2) is 48.8 Å². The van der Waals surface area contributed by atoms with Gasteiger partial charge in [0.2, 0.25) is 0 Å². The number of rotatable bonds is 6. The van der Waals surface area contributed by atoms with Gasteiger partial charge in [-0.15, -0.1) is 0 Å². The lowest BCUT2D eigenvalue weighted by atomic mass is 9.97. The molecule has 1 aromatic heterocycles. The predicted octanol–water partition coefficient (Wildman–Crippen LogP) is 4.49. The molecule has 1 aliphatic rings. The second kappa shape index (κ2) is 9.30. The van der Waals surface area contributed by atoms with E-state index >= 15 is 0 Å². The summed E-state index contributed by atoms with van der Waals surface area (Å²) in [7, 11) is 3.26. The first-order valence-corrected chi connectivity index (χ1v) is 10.7. The van der Waals surface area contributed by atoms with Crippen LogP contribution in [0.5, 0.6) is 17.2 Å². The fourth-order valence-corrected chi connectivity index (χ4v) is 4.18. The van der Waals surface area contributed by atoms with E-state index in [4.69, 9.17) is 14.2 Å². The van der Waals surface area contributed by atoms with Crippen LogP contribution in [0.25, 0.3) is 0 Å². The second-order valence-electron chi connectivity index (χ2n) is 8.04. The Labute approximate surface area is 188 Å². The van der Waals surface area contributed by atoms with Crippen molar-refractivity contribution in [2.75, 3.05) is 20.8 Å². The minimum absolute atomic E-state index is 0.0236. The monoisotopic (exact) mass is 432 g/mol. The fraction of sp³-hybridized carbons (Fsp3) is 0.308. The molecule has 0 spiro atoms. The molecule has 0 N–H and O–H groups in total. The molecule has 32 heavy (non-hydrogen) atoms. The second-order valence-corrected chi connectivity index (χ2v) is 8.04. The third kappa shape index (κ3) is 4.40. The fourth-order valence-electron chi connectivity index (χ4n) is 4.18. The molecule has 1 amide bonds. The molecule has 0 unspecified atom stereocenters. The third-order valence-corrected chi connectivity index (χ3v) is 5.82. The van der Waals surface area contributed by atoms with Crippen molar-refractivity contribution in [3.8, 4) is 17.2 Å². The van der Waals surface area contributed by atoms with E-state index in [1.165, 1.54) is 5.56 Å². The van der Waals surface area contributed by atoms with Crippen molar-refractivity contribution in [3.63, 3.8) is 0 Å². The average molecular weight is 433 g/mol. The molecule has 0 saturated carbocycles. The van der Waals surface area contributed by atoms with Gasteiger partial charge in [-0.25, -0.2) is 0 Å². The molecule has 0 saturated heterocycles. The Bertz CT molecular complexity index is 1110. The van der Waals surface area contributed by atoms with Gasteiger partial charge < -0.3 is 19.1 Å². The zero-order valence-electron chi connectivity index (χ0n) is 19.0. The van der Waals surface area contributed by atoms with Gasteiger partial charge in [0.05, 0.1) is 14.2 Å². The molecule has 0 bridgehead atoms. The summed E-state index contributed by atoms with van der Waals surface area (Å²) in [6.07, 6.45) is 4.32. The number of nitrogens with zero attached hydrogens (tertiary/aromatic N) is 2. The van der Waals surface area contributed by atoms with Crippen LogP contribution in [0, 0.1) is 13.8 Å². The highest BCUT2D eigenvalue weighted by atomic mass is 16.5. The summed E-state index contributed by atoms with van der Waals surface area (Å²) in [5.74, 6) is 2.24. The van der Waals surface area contributed by atoms with Gasteiger partial charge in [-0.1, -0.05) is 6.07 Å². The number of hydrogen-bond acceptors (Lipinski definition) is 5. The summed E-state index contributed by atoms with van der Waals surface area (Å²) in [5, 5.41) is 0. The van der Waals surface area contributed by atoms with Crippen molar-refractivity contribution in [1.82, 2.24) is 9.88 Å². The SMILES string of the molecule is COc1cc2c(cc1OC)CN(C(=O)c1cc(C)c(OCc3cccnc3)c(C)c1)CC2. The van der Waals surface area contributed by atoms with Crippen LogP contribution in [0.1, 0.15) is 38.2 Å². The van der Waals surface area contributed by atoms with Gasteiger partial charge in [0, 0.05) is 36.6 Å². The van der Waals surface area contributed by atoms with E-state index in [-0.39, 0.29) is 5.91 Å². The maximum atomic E-state index is 13.3. The molecule has 1 aliphatic heterocycles. The first-order valence-electron chi connectivity index (χ1n) is 10.7. The smallest absolute Gasteiger partial charge is 0.254 e. The highest BCUT2D eigenvalue weighted by Crippen LogP contribution is 2.34. The minimum atomic E-state index is 0.0236. The van der Waals surface area contributed by atoms with Crippen LogP contribution in [0.2, 0.25) is 0 Å². The van der Waals surface area contributed by atoms with Gasteiger partial charge in [-0.3, -0.25) is 9.78 Å². The lowest BCUT2D eigenvalue weighted by molar-refractivity contribution is 0.0734. The van der Waals surface area contributed by atoms with Crippen molar-refractivity contribution in [2.24, 2.45) is 0 Å². The first-order chi connectivity index (χ1) is 15.5. The molecular weight excluding hydrogens is 404 g/mol. The summed E-state index contributed by atoms with van der Waals surface area (Å²) < 4.78 is 16.9. The molecule has 6 nitrogen and oxygen atoms in total. The maximum Gasteiger partial charge on any atom is 0.254 e. The van der Waals surface area contributed by atoms with Gasteiger partial charge in [-0.05, 0) is 72.9 Å². The van der Waals surface area contributed by atoms with E-state index in [0.717, 1.165) is 40.2 Å². The number of aromatic nitrogens is 1. The molecule has 2 heterocycles. The van der Waals surface area contributed by atoms with Crippen LogP contribution >= 0.6 is 0 Å². The van der Waals surface area contributed by atoms with Crippen LogP contribution < -0.4 is 14.2 Å². The molecule has 4 rings (SSSR count). The molecule has 0 aliphatic carbocycles. The normalized spacial score (nSPS) is 12.8. The van der Waals surface area contributed by atoms with Gasteiger partial charge in [-0.2, -0.15) is 0 Å². The van der Waals surface area contributed by atoms with E-state index < -0.39 is 0 Å². The lowest BCUT2D eigenvalue weighted by Crippen LogP contribution is -2.36. The molecule has 0 radical (unpaired) electrons. The van der Waals surface area contributed by atoms with Crippen LogP contribution in [-0.2, 0) is 19.6 Å². The lowest BCUT2D eigenvalue weighted by Gasteiger charge is -2.30. The van der Waals surface area contributed by atoms with E-state index in [0.29, 0.717) is 31.0 Å². The molecule has 2 aromatic carbocycles. The van der Waals surface area contributed by atoms with Crippen LogP contribution in [0.4, 0.5) is 0 Å². The summed E-state index contributed by atoms with van der Waals surface area (Å²) in [4.78, 5) is 19.3. The molecule has 0 atom stereocenters. The number of ether oxygens (including phenoxy) is 3. The van der Waals surface area contributed by atoms with Crippen LogP contribution in [0.3, 0.4) is 0 Å². The molecular formula is C26H28N2O4. The number of fused-ring (bicyclic) bond motifs is 1. The number of amides is 1. The van der Waals surface area contributed by atoms with Gasteiger partial charge in [0.25, 0.3) is 5.91 Å². The number of benzene rings is 2. The van der Waals surface area contributed by atoms with Crippen LogP contribution in [-0.4, -0.2) is 36.6 Å². The summed E-state index contributed by atoms with van der Waals surface area (Å²) in [5.41, 5.74) is 5.86. The standard InChI is InChI=1S/C26H28N2O4/c1-17-10-21(11-18(2)25(17)32-16-19-6-5-8-27-14-19)26(29)28-9-7-20-12-23(30-3)24(31-4)13-22(20)15-28/h5-6,8,10-14H,7,9,15-16H2,1-4H3. The number of carbonyl (C=O) groups excluding carboxylic acids is 1. The number of pyridine rings is 1. The minimum Gasteiger partial charge on any atom is -0.493 e. The van der Waals surface area contributed by atoms with E-state index in [9.17, 15) is 4.79 Å². The number of aryl methyl sites for hydroxylation is 2. The number of methoxy groups -OCH3 is 2. The Morgan fingerprint density at radius 2 is 1.72 bits per heavy atom. The predicted molar refractivity (Wildman–Crippen MR) is 122 cm³/mol. The maximum absolute atomic E-state index is 13.3. The van der Waals surface area contributed by atoms with Crippen molar-refractivity contribution >= 4 is 5.91 Å². The Hall–Kier alpha value is -3.54. The average Bonchev–Trinajstić information content (AvgIpc) is 2.82. The van der Waals surface area contributed by atoms with Gasteiger partial charge in [0.15, 0.2) is 11.5 Å². The Kier molecular flexibility index (Phi) is 6.30. The summed E-state index contributed by atoms with van der Waals surface area (Å²) in [6.45, 7) is 5.61. The van der Waals surface area contributed by atoms with Gasteiger partial charge in [0.1, 0.15) is 12.4 Å². The molecule has 0 fully saturated rings. The third-order valence-electron chi connectivity index (χ3n) is 5.82. The van der Waals surface area contributed by atoms with E-state index in [1.54, 1.807) is 26.6 Å². The number of hydrogen-bond donors (Lipinski definition) is 0. The number of carbonyl (C=O) groups is 1. The van der Waals surface area contributed by atoms with Crippen molar-refractivity contribution in [1.29, 1.82) is 0 Å². The summed E-state index contributed by atoms with van der Waals surface area (Å²) in [6, 6.07) is 11.7. The molecule has 3 aromatic rings. The topological polar surface area (TPSA) is 60.9 Å². The van der Waals surface area contributed by atoms with Gasteiger partial charge >= 0.3 is 0 Å². The van der Waals surface area contributed by atoms with Crippen molar-refractivity contribution in [2.45, 2.75) is 33.4 Å². The first kappa shape index (κ1) is 21.7. The molecule has 6 heteroatoms.